The number of nitrogens with zero attached hydrogens (tertiary/aromatic N) is 3. The zero-order valence-corrected chi connectivity index (χ0v) is 31.8. The van der Waals surface area contributed by atoms with Gasteiger partial charge in [0, 0.05) is 37.3 Å². The average Bonchev–Trinajstić information content (AvgIpc) is 3.49. The van der Waals surface area contributed by atoms with E-state index in [-0.39, 0.29) is 30.2 Å². The largest absolute Gasteiger partial charge is 0.501 e. The average molecular weight is 815 g/mol. The number of aromatic nitrogens is 2. The molecule has 0 aliphatic carbocycles. The van der Waals surface area contributed by atoms with Gasteiger partial charge in [-0.3, -0.25) is 14.8 Å². The molecule has 0 saturated carbocycles. The van der Waals surface area contributed by atoms with Crippen LogP contribution < -0.4 is 31.5 Å². The van der Waals surface area contributed by atoms with Crippen LogP contribution in [0.1, 0.15) is 47.9 Å². The summed E-state index contributed by atoms with van der Waals surface area (Å²) in [5, 5.41) is 13.9. The second kappa shape index (κ2) is 16.7. The van der Waals surface area contributed by atoms with E-state index in [2.05, 4.69) is 36.6 Å². The van der Waals surface area contributed by atoms with Gasteiger partial charge in [-0.05, 0) is 58.7 Å². The van der Waals surface area contributed by atoms with Crippen molar-refractivity contribution in [2.24, 2.45) is 0 Å². The number of anilines is 3. The molecular formula is C40H37F3N8O6S. The van der Waals surface area contributed by atoms with Gasteiger partial charge in [0.05, 0.1) is 34.4 Å². The van der Waals surface area contributed by atoms with Crippen LogP contribution in [-0.2, 0) is 27.7 Å². The van der Waals surface area contributed by atoms with Crippen molar-refractivity contribution in [1.29, 1.82) is 0 Å². The molecule has 5 N–H and O–H groups in total. The van der Waals surface area contributed by atoms with Crippen LogP contribution in [0.3, 0.4) is 0 Å². The van der Waals surface area contributed by atoms with E-state index in [0.29, 0.717) is 28.2 Å². The van der Waals surface area contributed by atoms with Gasteiger partial charge < -0.3 is 26.6 Å². The number of pyridine rings is 2. The van der Waals surface area contributed by atoms with E-state index >= 15 is 4.79 Å². The predicted octanol–water partition coefficient (Wildman–Crippen LogP) is 6.82. The maximum absolute atomic E-state index is 15.0. The number of carbonyl (C=O) groups excluding carboxylic acids is 4. The minimum Gasteiger partial charge on any atom is -0.334 e. The highest BCUT2D eigenvalue weighted by molar-refractivity contribution is 7.92. The number of hydrogen-bond donors (Lipinski definition) is 5. The van der Waals surface area contributed by atoms with Crippen molar-refractivity contribution < 1.29 is 40.8 Å². The molecular weight excluding hydrogens is 778 g/mol. The number of halogens is 3. The SMILES string of the molecule is CC(c1ccncc1NC(=O)NCc1ccccc1)C1(C(C)c2ccncc2NC(=O)NCc2ccccc2)NC(=O)N(c2ccc(S(=O)(=O)C(F)(F)F)cc2)C1=O. The Bertz CT molecular complexity index is 2310. The first-order valence-electron chi connectivity index (χ1n) is 17.8. The highest BCUT2D eigenvalue weighted by atomic mass is 32.2. The Kier molecular flexibility index (Phi) is 11.8. The van der Waals surface area contributed by atoms with Gasteiger partial charge in [0.15, 0.2) is 0 Å². The summed E-state index contributed by atoms with van der Waals surface area (Å²) in [6.07, 6.45) is 5.63. The lowest BCUT2D eigenvalue weighted by Crippen LogP contribution is -2.55. The quantitative estimate of drug-likeness (QED) is 0.0848. The molecule has 1 fully saturated rings. The Morgan fingerprint density at radius 1 is 0.724 bits per heavy atom. The minimum atomic E-state index is -5.73. The molecule has 2 aromatic heterocycles. The molecule has 58 heavy (non-hydrogen) atoms. The van der Waals surface area contributed by atoms with Crippen molar-refractivity contribution >= 4 is 50.9 Å². The maximum Gasteiger partial charge on any atom is 0.501 e. The molecule has 1 aliphatic heterocycles. The van der Waals surface area contributed by atoms with Crippen molar-refractivity contribution in [1.82, 2.24) is 25.9 Å². The highest BCUT2D eigenvalue weighted by Gasteiger charge is 2.59. The number of hydrogen-bond acceptors (Lipinski definition) is 8. The summed E-state index contributed by atoms with van der Waals surface area (Å²) >= 11 is 0. The molecule has 0 radical (unpaired) electrons. The van der Waals surface area contributed by atoms with Crippen molar-refractivity contribution in [2.75, 3.05) is 15.5 Å². The molecule has 0 spiro atoms. The van der Waals surface area contributed by atoms with Crippen LogP contribution in [-0.4, -0.2) is 53.4 Å². The Morgan fingerprint density at radius 2 is 1.17 bits per heavy atom. The molecule has 6 rings (SSSR count). The summed E-state index contributed by atoms with van der Waals surface area (Å²) in [5.41, 5.74) is -4.93. The van der Waals surface area contributed by atoms with Gasteiger partial charge in [0.25, 0.3) is 15.7 Å². The molecule has 7 amide bonds. The second-order valence-corrected chi connectivity index (χ2v) is 15.3. The van der Waals surface area contributed by atoms with Crippen LogP contribution in [0.15, 0.2) is 127 Å². The molecule has 3 heterocycles. The summed E-state index contributed by atoms with van der Waals surface area (Å²) in [6.45, 7) is 3.67. The van der Waals surface area contributed by atoms with E-state index < -0.39 is 61.6 Å². The van der Waals surface area contributed by atoms with Crippen LogP contribution in [0.25, 0.3) is 0 Å². The van der Waals surface area contributed by atoms with Crippen molar-refractivity contribution in [2.45, 2.75) is 54.7 Å². The molecule has 1 aliphatic rings. The summed E-state index contributed by atoms with van der Waals surface area (Å²) in [6, 6.07) is 22.5. The number of alkyl halides is 3. The number of imide groups is 1. The standard InChI is InChI=1S/C40H37F3N8O6S/c1-25(31-17-19-44-23-33(31)48-36(53)46-21-27-9-5-3-6-10-27)39(26(2)32-18-20-45-24-34(32)49-37(54)47-22-28-11-7-4-8-12-28)35(52)51(38(55)50-39)29-13-15-30(16-14-29)58(56,57)40(41,42)43/h3-20,23-26H,21-22H2,1-2H3,(H,50,55)(H2,46,48,53)(H2,47,49,54). The fourth-order valence-corrected chi connectivity index (χ4v) is 7.58. The first kappa shape index (κ1) is 40.8. The third-order valence-corrected chi connectivity index (χ3v) is 11.4. The van der Waals surface area contributed by atoms with Gasteiger partial charge >= 0.3 is 23.6 Å². The Labute approximate surface area is 331 Å². The van der Waals surface area contributed by atoms with E-state index in [1.807, 2.05) is 60.7 Å². The fourth-order valence-electron chi connectivity index (χ4n) is 6.82. The summed E-state index contributed by atoms with van der Waals surface area (Å²) < 4.78 is 64.2. The molecule has 2 atom stereocenters. The molecule has 14 nitrogen and oxygen atoms in total. The van der Waals surface area contributed by atoms with Gasteiger partial charge in [-0.1, -0.05) is 74.5 Å². The molecule has 5 aromatic rings. The van der Waals surface area contributed by atoms with E-state index in [1.54, 1.807) is 26.0 Å². The number of carbonyl (C=O) groups is 4. The van der Waals surface area contributed by atoms with E-state index in [9.17, 15) is 36.0 Å². The number of sulfone groups is 1. The van der Waals surface area contributed by atoms with Crippen molar-refractivity contribution in [3.8, 4) is 0 Å². The lowest BCUT2D eigenvalue weighted by molar-refractivity contribution is -0.123. The second-order valence-electron chi connectivity index (χ2n) is 13.3. The highest BCUT2D eigenvalue weighted by Crippen LogP contribution is 2.47. The molecule has 3 aromatic carbocycles. The topological polar surface area (TPSA) is 192 Å². The summed E-state index contributed by atoms with van der Waals surface area (Å²) in [7, 11) is -5.73. The third-order valence-electron chi connectivity index (χ3n) is 9.88. The van der Waals surface area contributed by atoms with Crippen LogP contribution in [0.4, 0.5) is 44.6 Å². The molecule has 18 heteroatoms. The minimum absolute atomic E-state index is 0.197. The monoisotopic (exact) mass is 814 g/mol. The Morgan fingerprint density at radius 3 is 1.60 bits per heavy atom. The summed E-state index contributed by atoms with van der Waals surface area (Å²) in [5.74, 6) is -2.85. The molecule has 300 valence electrons. The van der Waals surface area contributed by atoms with Crippen LogP contribution in [0, 0.1) is 0 Å². The number of urea groups is 3. The first-order chi connectivity index (χ1) is 27.6. The van der Waals surface area contributed by atoms with E-state index in [4.69, 9.17) is 0 Å². The van der Waals surface area contributed by atoms with Crippen LogP contribution >= 0.6 is 0 Å². The maximum atomic E-state index is 15.0. The zero-order chi connectivity index (χ0) is 41.7. The number of benzene rings is 3. The van der Waals surface area contributed by atoms with Crippen LogP contribution in [0.5, 0.6) is 0 Å². The normalized spacial score (nSPS) is 16.5. The van der Waals surface area contributed by atoms with Gasteiger partial charge in [-0.15, -0.1) is 0 Å². The van der Waals surface area contributed by atoms with Crippen LogP contribution in [0.2, 0.25) is 0 Å². The van der Waals surface area contributed by atoms with E-state index in [0.717, 1.165) is 23.3 Å². The first-order valence-corrected chi connectivity index (χ1v) is 19.2. The Balaban J connectivity index is 1.37. The molecule has 2 unspecified atom stereocenters. The summed E-state index contributed by atoms with van der Waals surface area (Å²) in [4.78, 5) is 63.3. The van der Waals surface area contributed by atoms with Gasteiger partial charge in [0.1, 0.15) is 5.54 Å². The Hall–Kier alpha value is -6.82. The third kappa shape index (κ3) is 8.31. The smallest absolute Gasteiger partial charge is 0.334 e. The van der Waals surface area contributed by atoms with Gasteiger partial charge in [0.2, 0.25) is 0 Å². The zero-order valence-electron chi connectivity index (χ0n) is 30.9. The number of rotatable bonds is 12. The lowest BCUT2D eigenvalue weighted by atomic mass is 9.69. The van der Waals surface area contributed by atoms with E-state index in [1.165, 1.54) is 24.8 Å². The fraction of sp³-hybridized carbons (Fsp3) is 0.200. The lowest BCUT2D eigenvalue weighted by Gasteiger charge is -2.39. The van der Waals surface area contributed by atoms with Crippen molar-refractivity contribution in [3.05, 3.63) is 144 Å². The predicted molar refractivity (Wildman–Crippen MR) is 208 cm³/mol. The van der Waals surface area contributed by atoms with Crippen molar-refractivity contribution in [3.63, 3.8) is 0 Å². The molecule has 0 bridgehead atoms. The van der Waals surface area contributed by atoms with Gasteiger partial charge in [-0.2, -0.15) is 13.2 Å². The molecule has 1 saturated heterocycles. The number of nitrogens with one attached hydrogen (secondary N) is 5. The van der Waals surface area contributed by atoms with Gasteiger partial charge in [-0.25, -0.2) is 27.7 Å². The number of amides is 7.